The molecule has 4 N–H and O–H groups in total. The van der Waals surface area contributed by atoms with Gasteiger partial charge < -0.3 is 21.1 Å². The Kier molecular flexibility index (Phi) is 7.49. The zero-order valence-electron chi connectivity index (χ0n) is 14.5. The zero-order chi connectivity index (χ0) is 18.9. The molecule has 0 radical (unpaired) electrons. The largest absolute Gasteiger partial charge is 0.412 e. The lowest BCUT2D eigenvalue weighted by Crippen LogP contribution is -2.36. The van der Waals surface area contributed by atoms with Gasteiger partial charge in [-0.2, -0.15) is 0 Å². The molecular formula is C17H24N4O5. The predicted molar refractivity (Wildman–Crippen MR) is 94.9 cm³/mol. The van der Waals surface area contributed by atoms with E-state index in [1.165, 1.54) is 24.3 Å². The van der Waals surface area contributed by atoms with Gasteiger partial charge in [0.15, 0.2) is 5.78 Å². The highest BCUT2D eigenvalue weighted by molar-refractivity contribution is 5.86. The maximum absolute atomic E-state index is 12.1. The Hall–Kier alpha value is -2.52. The number of ether oxygens (including phenoxy) is 1. The Balaban J connectivity index is 1.59. The summed E-state index contributed by atoms with van der Waals surface area (Å²) >= 11 is 0. The summed E-state index contributed by atoms with van der Waals surface area (Å²) < 4.78 is 5.02. The summed E-state index contributed by atoms with van der Waals surface area (Å²) in [6.07, 6.45) is 2.22. The van der Waals surface area contributed by atoms with E-state index in [2.05, 4.69) is 10.6 Å². The maximum Gasteiger partial charge on any atom is 0.412 e. The molecule has 2 atom stereocenters. The maximum atomic E-state index is 12.1. The van der Waals surface area contributed by atoms with Crippen molar-refractivity contribution in [3.8, 4) is 5.75 Å². The number of Topliss-reactive ketones (excluding diaryl/α,β-unsaturated/α-hetero) is 1. The first-order valence-electron chi connectivity index (χ1n) is 8.67. The van der Waals surface area contributed by atoms with E-state index in [9.17, 15) is 19.7 Å². The number of non-ortho nitro benzene ring substituents is 1. The van der Waals surface area contributed by atoms with Gasteiger partial charge in [0.2, 0.25) is 0 Å². The van der Waals surface area contributed by atoms with Crippen molar-refractivity contribution in [2.45, 2.75) is 31.7 Å². The standard InChI is InChI=1S/C17H24N4O5/c18-15(16(22)12-8-10-19-11-12)3-1-2-9-20-17(23)26-14-6-4-13(5-7-14)21(24)25/h4-7,12,15,19H,1-3,8-11,18H2,(H,20,23). The molecule has 1 amide bonds. The first-order valence-corrected chi connectivity index (χ1v) is 8.67. The van der Waals surface area contributed by atoms with E-state index in [0.29, 0.717) is 25.9 Å². The third-order valence-corrected chi connectivity index (χ3v) is 4.30. The predicted octanol–water partition coefficient (Wildman–Crippen LogP) is 1.36. The van der Waals surface area contributed by atoms with Crippen LogP contribution in [0.25, 0.3) is 0 Å². The quantitative estimate of drug-likeness (QED) is 0.342. The van der Waals surface area contributed by atoms with Gasteiger partial charge in [-0.3, -0.25) is 14.9 Å². The molecule has 2 unspecified atom stereocenters. The molecule has 2 rings (SSSR count). The molecule has 0 aliphatic carbocycles. The molecule has 1 aliphatic rings. The fourth-order valence-corrected chi connectivity index (χ4v) is 2.80. The first kappa shape index (κ1) is 19.8. The molecule has 0 aromatic heterocycles. The van der Waals surface area contributed by atoms with Crippen LogP contribution in [-0.2, 0) is 4.79 Å². The van der Waals surface area contributed by atoms with Crippen molar-refractivity contribution < 1.29 is 19.2 Å². The summed E-state index contributed by atoms with van der Waals surface area (Å²) in [6, 6.07) is 4.80. The van der Waals surface area contributed by atoms with Crippen molar-refractivity contribution >= 4 is 17.6 Å². The van der Waals surface area contributed by atoms with Gasteiger partial charge >= 0.3 is 6.09 Å². The number of benzene rings is 1. The number of unbranched alkanes of at least 4 members (excludes halogenated alkanes) is 1. The number of rotatable bonds is 9. The number of amides is 1. The molecule has 26 heavy (non-hydrogen) atoms. The normalized spacial score (nSPS) is 17.5. The van der Waals surface area contributed by atoms with Crippen LogP contribution >= 0.6 is 0 Å². The molecule has 1 aliphatic heterocycles. The monoisotopic (exact) mass is 364 g/mol. The van der Waals surface area contributed by atoms with Crippen LogP contribution in [0.1, 0.15) is 25.7 Å². The van der Waals surface area contributed by atoms with Crippen molar-refractivity contribution in [2.24, 2.45) is 11.7 Å². The van der Waals surface area contributed by atoms with E-state index >= 15 is 0 Å². The number of hydrogen-bond acceptors (Lipinski definition) is 7. The van der Waals surface area contributed by atoms with Gasteiger partial charge in [-0.25, -0.2) is 4.79 Å². The van der Waals surface area contributed by atoms with Crippen molar-refractivity contribution in [1.82, 2.24) is 10.6 Å². The molecule has 1 aromatic rings. The van der Waals surface area contributed by atoms with Crippen LogP contribution in [0.5, 0.6) is 5.75 Å². The summed E-state index contributed by atoms with van der Waals surface area (Å²) in [5.74, 6) is 0.367. The molecule has 142 valence electrons. The number of ketones is 1. The fourth-order valence-electron chi connectivity index (χ4n) is 2.80. The van der Waals surface area contributed by atoms with Crippen LogP contribution < -0.4 is 21.1 Å². The number of carbonyl (C=O) groups is 2. The van der Waals surface area contributed by atoms with E-state index in [1.807, 2.05) is 0 Å². The second-order valence-electron chi connectivity index (χ2n) is 6.26. The minimum Gasteiger partial charge on any atom is -0.410 e. The van der Waals surface area contributed by atoms with E-state index in [1.54, 1.807) is 0 Å². The lowest BCUT2D eigenvalue weighted by atomic mass is 9.94. The van der Waals surface area contributed by atoms with E-state index < -0.39 is 17.1 Å². The number of carbonyl (C=O) groups excluding carboxylic acids is 2. The van der Waals surface area contributed by atoms with E-state index in [0.717, 1.165) is 19.4 Å². The van der Waals surface area contributed by atoms with E-state index in [-0.39, 0.29) is 23.1 Å². The van der Waals surface area contributed by atoms with Gasteiger partial charge in [0, 0.05) is 31.1 Å². The van der Waals surface area contributed by atoms with Crippen molar-refractivity contribution in [2.75, 3.05) is 19.6 Å². The average Bonchev–Trinajstić information content (AvgIpc) is 3.15. The molecule has 9 nitrogen and oxygen atoms in total. The number of nitrogens with one attached hydrogen (secondary N) is 2. The summed E-state index contributed by atoms with van der Waals surface area (Å²) in [5.41, 5.74) is 5.87. The Labute approximate surface area is 151 Å². The average molecular weight is 364 g/mol. The molecule has 0 bridgehead atoms. The molecule has 9 heteroatoms. The molecule has 1 heterocycles. The second-order valence-corrected chi connectivity index (χ2v) is 6.26. The van der Waals surface area contributed by atoms with Gasteiger partial charge in [0.05, 0.1) is 11.0 Å². The highest BCUT2D eigenvalue weighted by atomic mass is 16.6. The van der Waals surface area contributed by atoms with Gasteiger partial charge in [0.25, 0.3) is 5.69 Å². The van der Waals surface area contributed by atoms with Crippen LogP contribution in [-0.4, -0.2) is 42.5 Å². The number of hydrogen-bond donors (Lipinski definition) is 3. The summed E-state index contributed by atoms with van der Waals surface area (Å²) in [5, 5.41) is 16.3. The molecule has 0 saturated carbocycles. The Morgan fingerprint density at radius 3 is 2.69 bits per heavy atom. The van der Waals surface area contributed by atoms with Gasteiger partial charge in [-0.15, -0.1) is 0 Å². The highest BCUT2D eigenvalue weighted by Gasteiger charge is 2.26. The van der Waals surface area contributed by atoms with Crippen molar-refractivity contribution in [1.29, 1.82) is 0 Å². The molecule has 1 fully saturated rings. The summed E-state index contributed by atoms with van der Waals surface area (Å²) in [7, 11) is 0. The lowest BCUT2D eigenvalue weighted by Gasteiger charge is -2.14. The van der Waals surface area contributed by atoms with Crippen LogP contribution in [0, 0.1) is 16.0 Å². The SMILES string of the molecule is NC(CCCCNC(=O)Oc1ccc([N+](=O)[O-])cc1)C(=O)C1CCNC1. The van der Waals surface area contributed by atoms with Crippen LogP contribution in [0.4, 0.5) is 10.5 Å². The van der Waals surface area contributed by atoms with Gasteiger partial charge in [0.1, 0.15) is 5.75 Å². The Morgan fingerprint density at radius 2 is 2.08 bits per heavy atom. The summed E-state index contributed by atoms with van der Waals surface area (Å²) in [6.45, 7) is 1.98. The third kappa shape index (κ3) is 6.08. The minimum absolute atomic E-state index is 0.0276. The van der Waals surface area contributed by atoms with Gasteiger partial charge in [-0.1, -0.05) is 0 Å². The smallest absolute Gasteiger partial charge is 0.410 e. The topological polar surface area (TPSA) is 137 Å². The fraction of sp³-hybridized carbons (Fsp3) is 0.529. The highest BCUT2D eigenvalue weighted by Crippen LogP contribution is 2.17. The van der Waals surface area contributed by atoms with Crippen molar-refractivity contribution in [3.63, 3.8) is 0 Å². The van der Waals surface area contributed by atoms with Crippen LogP contribution in [0.15, 0.2) is 24.3 Å². The van der Waals surface area contributed by atoms with Crippen LogP contribution in [0.2, 0.25) is 0 Å². The molecular weight excluding hydrogens is 340 g/mol. The lowest BCUT2D eigenvalue weighted by molar-refractivity contribution is -0.384. The first-order chi connectivity index (χ1) is 12.5. The summed E-state index contributed by atoms with van der Waals surface area (Å²) in [4.78, 5) is 33.8. The van der Waals surface area contributed by atoms with Crippen LogP contribution in [0.3, 0.4) is 0 Å². The Bertz CT molecular complexity index is 629. The number of nitrogens with zero attached hydrogens (tertiary/aromatic N) is 1. The third-order valence-electron chi connectivity index (χ3n) is 4.30. The molecule has 1 aromatic carbocycles. The minimum atomic E-state index is -0.628. The van der Waals surface area contributed by atoms with Crippen molar-refractivity contribution in [3.05, 3.63) is 34.4 Å². The zero-order valence-corrected chi connectivity index (χ0v) is 14.5. The second kappa shape index (κ2) is 9.83. The number of nitro groups is 1. The molecule has 0 spiro atoms. The van der Waals surface area contributed by atoms with Gasteiger partial charge in [-0.05, 0) is 44.4 Å². The number of nitrogens with two attached hydrogens (primary N) is 1. The van der Waals surface area contributed by atoms with E-state index in [4.69, 9.17) is 10.5 Å². The number of nitro benzene ring substituents is 1. The molecule has 1 saturated heterocycles. The Morgan fingerprint density at radius 1 is 1.35 bits per heavy atom.